The molecule has 0 heterocycles. The van der Waals surface area contributed by atoms with E-state index >= 15 is 0 Å². The quantitative estimate of drug-likeness (QED) is 0.863. The minimum Gasteiger partial charge on any atom is -0.481 e. The third-order valence-electron chi connectivity index (χ3n) is 2.66. The molecule has 4 nitrogen and oxygen atoms in total. The summed E-state index contributed by atoms with van der Waals surface area (Å²) in [6.07, 6.45) is -0.0729. The fourth-order valence-corrected chi connectivity index (χ4v) is 1.80. The van der Waals surface area contributed by atoms with Crippen LogP contribution in [0.2, 0.25) is 0 Å². The molecule has 0 spiro atoms. The van der Waals surface area contributed by atoms with E-state index in [4.69, 9.17) is 5.11 Å². The molecule has 0 radical (unpaired) electrons. The zero-order valence-electron chi connectivity index (χ0n) is 9.72. The molecule has 2 aromatic rings. The van der Waals surface area contributed by atoms with Gasteiger partial charge in [-0.25, -0.2) is 0 Å². The predicted molar refractivity (Wildman–Crippen MR) is 68.5 cm³/mol. The standard InChI is InChI=1S/C14H13NO3/c16-13(17)8-9-15-14(18)12-7-3-5-10-4-1-2-6-11(10)12/h1-7H,8-9H2,(H,15,18)(H,16,17). The van der Waals surface area contributed by atoms with Gasteiger partial charge in [0.1, 0.15) is 0 Å². The van der Waals surface area contributed by atoms with Crippen LogP contribution in [0.25, 0.3) is 10.8 Å². The topological polar surface area (TPSA) is 66.4 Å². The minimum atomic E-state index is -0.923. The Morgan fingerprint density at radius 2 is 1.78 bits per heavy atom. The average molecular weight is 243 g/mol. The van der Waals surface area contributed by atoms with Gasteiger partial charge in [-0.15, -0.1) is 0 Å². The highest BCUT2D eigenvalue weighted by Crippen LogP contribution is 2.18. The van der Waals surface area contributed by atoms with Gasteiger partial charge < -0.3 is 10.4 Å². The summed E-state index contributed by atoms with van der Waals surface area (Å²) < 4.78 is 0. The van der Waals surface area contributed by atoms with Crippen molar-refractivity contribution in [2.45, 2.75) is 6.42 Å². The van der Waals surface area contributed by atoms with E-state index in [1.54, 1.807) is 6.07 Å². The van der Waals surface area contributed by atoms with Crippen LogP contribution in [-0.4, -0.2) is 23.5 Å². The number of rotatable bonds is 4. The molecule has 1 amide bonds. The summed E-state index contributed by atoms with van der Waals surface area (Å²) in [4.78, 5) is 22.3. The molecule has 4 heteroatoms. The second kappa shape index (κ2) is 5.31. The summed E-state index contributed by atoms with van der Waals surface area (Å²) in [5, 5.41) is 13.0. The maximum atomic E-state index is 11.9. The molecule has 0 aromatic heterocycles. The monoisotopic (exact) mass is 243 g/mol. The lowest BCUT2D eigenvalue weighted by molar-refractivity contribution is -0.136. The van der Waals surface area contributed by atoms with Gasteiger partial charge in [-0.3, -0.25) is 9.59 Å². The van der Waals surface area contributed by atoms with Crippen LogP contribution in [0.15, 0.2) is 42.5 Å². The summed E-state index contributed by atoms with van der Waals surface area (Å²) >= 11 is 0. The van der Waals surface area contributed by atoms with Crippen molar-refractivity contribution in [3.8, 4) is 0 Å². The summed E-state index contributed by atoms with van der Waals surface area (Å²) in [7, 11) is 0. The molecule has 0 aliphatic carbocycles. The lowest BCUT2D eigenvalue weighted by Gasteiger charge is -2.06. The minimum absolute atomic E-state index is 0.0729. The first kappa shape index (κ1) is 12.1. The van der Waals surface area contributed by atoms with Crippen molar-refractivity contribution >= 4 is 22.6 Å². The molecule has 0 saturated heterocycles. The summed E-state index contributed by atoms with van der Waals surface area (Å²) in [6, 6.07) is 13.1. The molecule has 2 rings (SSSR count). The lowest BCUT2D eigenvalue weighted by atomic mass is 10.0. The average Bonchev–Trinajstić information content (AvgIpc) is 2.37. The van der Waals surface area contributed by atoms with E-state index < -0.39 is 5.97 Å². The van der Waals surface area contributed by atoms with Crippen LogP contribution >= 0.6 is 0 Å². The molecule has 0 bridgehead atoms. The number of hydrogen-bond donors (Lipinski definition) is 2. The maximum absolute atomic E-state index is 11.9. The van der Waals surface area contributed by atoms with Crippen LogP contribution in [0.3, 0.4) is 0 Å². The second-order valence-electron chi connectivity index (χ2n) is 3.93. The van der Waals surface area contributed by atoms with Crippen molar-refractivity contribution < 1.29 is 14.7 Å². The molecule has 0 saturated carbocycles. The van der Waals surface area contributed by atoms with Crippen LogP contribution < -0.4 is 5.32 Å². The Bertz CT molecular complexity index is 587. The van der Waals surface area contributed by atoms with E-state index in [0.717, 1.165) is 10.8 Å². The molecule has 92 valence electrons. The molecule has 0 aliphatic heterocycles. The van der Waals surface area contributed by atoms with Crippen molar-refractivity contribution in [3.05, 3.63) is 48.0 Å². The molecule has 18 heavy (non-hydrogen) atoms. The molecule has 2 aromatic carbocycles. The van der Waals surface area contributed by atoms with Crippen molar-refractivity contribution in [1.29, 1.82) is 0 Å². The zero-order valence-corrected chi connectivity index (χ0v) is 9.72. The zero-order chi connectivity index (χ0) is 13.0. The number of nitrogens with one attached hydrogen (secondary N) is 1. The molecule has 0 atom stereocenters. The molecule has 0 fully saturated rings. The van der Waals surface area contributed by atoms with E-state index in [1.165, 1.54) is 0 Å². The van der Waals surface area contributed by atoms with Gasteiger partial charge in [0.15, 0.2) is 0 Å². The van der Waals surface area contributed by atoms with Gasteiger partial charge in [-0.1, -0.05) is 36.4 Å². The molecule has 2 N–H and O–H groups in total. The Morgan fingerprint density at radius 3 is 2.56 bits per heavy atom. The molecule has 0 unspecified atom stereocenters. The summed E-state index contributed by atoms with van der Waals surface area (Å²) in [5.41, 5.74) is 0.568. The Labute approximate surface area is 104 Å². The Kier molecular flexibility index (Phi) is 3.57. The first-order valence-corrected chi connectivity index (χ1v) is 5.66. The van der Waals surface area contributed by atoms with Gasteiger partial charge in [0.05, 0.1) is 6.42 Å². The van der Waals surface area contributed by atoms with E-state index in [0.29, 0.717) is 5.56 Å². The number of carbonyl (C=O) groups is 2. The lowest BCUT2D eigenvalue weighted by Crippen LogP contribution is -2.26. The molecule has 0 aliphatic rings. The Balaban J connectivity index is 2.20. The van der Waals surface area contributed by atoms with Crippen LogP contribution in [0, 0.1) is 0 Å². The smallest absolute Gasteiger partial charge is 0.305 e. The van der Waals surface area contributed by atoms with Crippen LogP contribution in [0.4, 0.5) is 0 Å². The van der Waals surface area contributed by atoms with Crippen molar-refractivity contribution in [2.24, 2.45) is 0 Å². The van der Waals surface area contributed by atoms with Crippen molar-refractivity contribution in [1.82, 2.24) is 5.32 Å². The van der Waals surface area contributed by atoms with Crippen molar-refractivity contribution in [3.63, 3.8) is 0 Å². The van der Waals surface area contributed by atoms with Gasteiger partial charge in [0.25, 0.3) is 5.91 Å². The third kappa shape index (κ3) is 2.66. The van der Waals surface area contributed by atoms with E-state index in [2.05, 4.69) is 5.32 Å². The van der Waals surface area contributed by atoms with Gasteiger partial charge in [-0.05, 0) is 16.8 Å². The van der Waals surface area contributed by atoms with Crippen LogP contribution in [-0.2, 0) is 4.79 Å². The second-order valence-corrected chi connectivity index (χ2v) is 3.93. The first-order chi connectivity index (χ1) is 8.68. The molecular weight excluding hydrogens is 230 g/mol. The third-order valence-corrected chi connectivity index (χ3v) is 2.66. The SMILES string of the molecule is O=C(O)CCNC(=O)c1cccc2ccccc12. The highest BCUT2D eigenvalue weighted by atomic mass is 16.4. The van der Waals surface area contributed by atoms with Crippen LogP contribution in [0.1, 0.15) is 16.8 Å². The Morgan fingerprint density at radius 1 is 1.06 bits per heavy atom. The number of fused-ring (bicyclic) bond motifs is 1. The van der Waals surface area contributed by atoms with Crippen LogP contribution in [0.5, 0.6) is 0 Å². The normalized spacial score (nSPS) is 10.2. The largest absolute Gasteiger partial charge is 0.481 e. The maximum Gasteiger partial charge on any atom is 0.305 e. The van der Waals surface area contributed by atoms with E-state index in [9.17, 15) is 9.59 Å². The van der Waals surface area contributed by atoms with Gasteiger partial charge in [-0.2, -0.15) is 0 Å². The van der Waals surface area contributed by atoms with E-state index in [1.807, 2.05) is 36.4 Å². The van der Waals surface area contributed by atoms with Gasteiger partial charge in [0, 0.05) is 12.1 Å². The first-order valence-electron chi connectivity index (χ1n) is 5.66. The number of carbonyl (C=O) groups excluding carboxylic acids is 1. The van der Waals surface area contributed by atoms with Gasteiger partial charge >= 0.3 is 5.97 Å². The summed E-state index contributed by atoms with van der Waals surface area (Å²) in [6.45, 7) is 0.136. The number of aliphatic carboxylic acids is 1. The number of amides is 1. The number of benzene rings is 2. The predicted octanol–water partition coefficient (Wildman–Crippen LogP) is 2.04. The number of carboxylic acid groups (broad SMARTS) is 1. The van der Waals surface area contributed by atoms with Gasteiger partial charge in [0.2, 0.25) is 0 Å². The number of carboxylic acids is 1. The fourth-order valence-electron chi connectivity index (χ4n) is 1.80. The van der Waals surface area contributed by atoms with Crippen molar-refractivity contribution in [2.75, 3.05) is 6.54 Å². The Hall–Kier alpha value is -2.36. The highest BCUT2D eigenvalue weighted by molar-refractivity contribution is 6.07. The number of hydrogen-bond acceptors (Lipinski definition) is 2. The molecular formula is C14H13NO3. The fraction of sp³-hybridized carbons (Fsp3) is 0.143. The highest BCUT2D eigenvalue weighted by Gasteiger charge is 2.09. The van der Waals surface area contributed by atoms with E-state index in [-0.39, 0.29) is 18.9 Å². The summed E-state index contributed by atoms with van der Waals surface area (Å²) in [5.74, 6) is -1.17.